The fraction of sp³-hybridized carbons (Fsp3) is 0.615. The van der Waals surface area contributed by atoms with Gasteiger partial charge in [-0.2, -0.15) is 0 Å². The molecule has 17 heavy (non-hydrogen) atoms. The number of piperidine rings is 1. The molecule has 0 bridgehead atoms. The fourth-order valence-corrected chi connectivity index (χ4v) is 2.66. The van der Waals surface area contributed by atoms with E-state index in [1.807, 2.05) is 6.20 Å². The molecule has 0 radical (unpaired) electrons. The highest BCUT2D eigenvalue weighted by molar-refractivity contribution is 9.08. The van der Waals surface area contributed by atoms with Crippen LogP contribution in [0.4, 0.5) is 5.82 Å². The van der Waals surface area contributed by atoms with Gasteiger partial charge in [-0.3, -0.25) is 0 Å². The number of rotatable bonds is 3. The van der Waals surface area contributed by atoms with Crippen molar-refractivity contribution in [2.24, 2.45) is 0 Å². The number of anilines is 1. The molecule has 1 aromatic heterocycles. The van der Waals surface area contributed by atoms with Gasteiger partial charge in [0.2, 0.25) is 0 Å². The average molecular weight is 299 g/mol. The van der Waals surface area contributed by atoms with E-state index in [0.717, 1.165) is 30.7 Å². The highest BCUT2D eigenvalue weighted by Crippen LogP contribution is 2.23. The number of hydrogen-bond donors (Lipinski definition) is 0. The Morgan fingerprint density at radius 3 is 3.06 bits per heavy atom. The second-order valence-electron chi connectivity index (χ2n) is 4.56. The number of alkyl halides is 1. The summed E-state index contributed by atoms with van der Waals surface area (Å²) in [6.07, 6.45) is 4.64. The summed E-state index contributed by atoms with van der Waals surface area (Å²) in [6, 6.07) is 2.20. The lowest BCUT2D eigenvalue weighted by atomic mass is 10.1. The van der Waals surface area contributed by atoms with Gasteiger partial charge in [-0.15, -0.1) is 0 Å². The molecule has 1 aliphatic heterocycles. The molecule has 0 aliphatic carbocycles. The molecule has 2 rings (SSSR count). The van der Waals surface area contributed by atoms with E-state index in [2.05, 4.69) is 38.8 Å². The molecule has 1 fully saturated rings. The van der Waals surface area contributed by atoms with Crippen molar-refractivity contribution in [3.05, 3.63) is 23.4 Å². The number of methoxy groups -OCH3 is 1. The molecule has 3 nitrogen and oxygen atoms in total. The molecule has 0 spiro atoms. The number of halogens is 1. The van der Waals surface area contributed by atoms with Gasteiger partial charge in [0, 0.05) is 31.7 Å². The summed E-state index contributed by atoms with van der Waals surface area (Å²) in [7, 11) is 1.79. The molecule has 94 valence electrons. The van der Waals surface area contributed by atoms with Crippen LogP contribution in [-0.4, -0.2) is 31.3 Å². The van der Waals surface area contributed by atoms with E-state index in [9.17, 15) is 0 Å². The molecule has 1 saturated heterocycles. The number of ether oxygens (including phenoxy) is 1. The van der Waals surface area contributed by atoms with Gasteiger partial charge in [-0.05, 0) is 30.9 Å². The predicted molar refractivity (Wildman–Crippen MR) is 73.8 cm³/mol. The van der Waals surface area contributed by atoms with Crippen molar-refractivity contribution in [1.29, 1.82) is 0 Å². The number of hydrogen-bond acceptors (Lipinski definition) is 3. The lowest BCUT2D eigenvalue weighted by Gasteiger charge is -2.33. The van der Waals surface area contributed by atoms with Crippen molar-refractivity contribution in [2.75, 3.05) is 25.1 Å². The van der Waals surface area contributed by atoms with Crippen molar-refractivity contribution in [3.8, 4) is 0 Å². The Bertz CT molecular complexity index is 384. The smallest absolute Gasteiger partial charge is 0.131 e. The predicted octanol–water partition coefficient (Wildman–Crippen LogP) is 2.90. The van der Waals surface area contributed by atoms with Crippen molar-refractivity contribution in [2.45, 2.75) is 31.2 Å². The summed E-state index contributed by atoms with van der Waals surface area (Å²) in [6.45, 7) is 4.17. The maximum atomic E-state index is 5.45. The summed E-state index contributed by atoms with van der Waals surface area (Å²) in [5.74, 6) is 1.11. The molecule has 1 atom stereocenters. The van der Waals surface area contributed by atoms with E-state index >= 15 is 0 Å². The van der Waals surface area contributed by atoms with E-state index in [4.69, 9.17) is 4.74 Å². The fourth-order valence-electron chi connectivity index (χ4n) is 2.35. The third-order valence-corrected chi connectivity index (χ3v) is 3.92. The summed E-state index contributed by atoms with van der Waals surface area (Å²) >= 11 is 3.46. The Hall–Kier alpha value is -0.610. The summed E-state index contributed by atoms with van der Waals surface area (Å²) in [5.41, 5.74) is 2.48. The van der Waals surface area contributed by atoms with Crippen molar-refractivity contribution in [1.82, 2.24) is 4.98 Å². The topological polar surface area (TPSA) is 25.4 Å². The first-order valence-electron chi connectivity index (χ1n) is 6.04. The number of aromatic nitrogens is 1. The normalized spacial score (nSPS) is 20.6. The monoisotopic (exact) mass is 298 g/mol. The van der Waals surface area contributed by atoms with Crippen LogP contribution < -0.4 is 4.90 Å². The molecule has 0 aromatic carbocycles. The first-order chi connectivity index (χ1) is 8.24. The minimum absolute atomic E-state index is 0.348. The largest absolute Gasteiger partial charge is 0.380 e. The van der Waals surface area contributed by atoms with Gasteiger partial charge >= 0.3 is 0 Å². The van der Waals surface area contributed by atoms with Crippen molar-refractivity contribution < 1.29 is 4.74 Å². The Labute approximate surface area is 111 Å². The maximum absolute atomic E-state index is 5.45. The first kappa shape index (κ1) is 12.8. The van der Waals surface area contributed by atoms with Gasteiger partial charge in [0.15, 0.2) is 0 Å². The van der Waals surface area contributed by atoms with E-state index in [1.165, 1.54) is 17.5 Å². The molecule has 2 heterocycles. The van der Waals surface area contributed by atoms with Crippen LogP contribution in [-0.2, 0) is 10.1 Å². The van der Waals surface area contributed by atoms with Gasteiger partial charge in [-0.1, -0.05) is 22.0 Å². The van der Waals surface area contributed by atoms with E-state index in [0.29, 0.717) is 6.10 Å². The molecule has 0 amide bonds. The minimum Gasteiger partial charge on any atom is -0.380 e. The lowest BCUT2D eigenvalue weighted by Crippen LogP contribution is -2.40. The highest BCUT2D eigenvalue weighted by Gasteiger charge is 2.21. The van der Waals surface area contributed by atoms with Gasteiger partial charge < -0.3 is 9.64 Å². The molecule has 0 saturated carbocycles. The molecule has 1 aliphatic rings. The molecule has 1 aromatic rings. The summed E-state index contributed by atoms with van der Waals surface area (Å²) < 4.78 is 5.45. The van der Waals surface area contributed by atoms with Gasteiger partial charge in [-0.25, -0.2) is 4.98 Å². The molecular weight excluding hydrogens is 280 g/mol. The van der Waals surface area contributed by atoms with Crippen LogP contribution in [0.25, 0.3) is 0 Å². The van der Waals surface area contributed by atoms with Gasteiger partial charge in [0.25, 0.3) is 0 Å². The van der Waals surface area contributed by atoms with Crippen LogP contribution in [0.3, 0.4) is 0 Å². The standard InChI is InChI=1S/C13H19BrN2O/c1-10-6-11(7-14)8-15-13(10)16-5-3-4-12(9-16)17-2/h6,8,12H,3-5,7,9H2,1-2H3. The molecule has 4 heteroatoms. The molecule has 1 unspecified atom stereocenters. The number of nitrogens with zero attached hydrogens (tertiary/aromatic N) is 2. The molecule has 0 N–H and O–H groups in total. The van der Waals surface area contributed by atoms with Gasteiger partial charge in [0.05, 0.1) is 6.10 Å². The third-order valence-electron chi connectivity index (χ3n) is 3.27. The SMILES string of the molecule is COC1CCCN(c2ncc(CBr)cc2C)C1. The van der Waals surface area contributed by atoms with E-state index < -0.39 is 0 Å². The minimum atomic E-state index is 0.348. The zero-order valence-electron chi connectivity index (χ0n) is 10.4. The van der Waals surface area contributed by atoms with Crippen LogP contribution in [0.15, 0.2) is 12.3 Å². The van der Waals surface area contributed by atoms with Crippen LogP contribution in [0.2, 0.25) is 0 Å². The molecular formula is C13H19BrN2O. The van der Waals surface area contributed by atoms with Crippen molar-refractivity contribution >= 4 is 21.7 Å². The first-order valence-corrected chi connectivity index (χ1v) is 7.16. The summed E-state index contributed by atoms with van der Waals surface area (Å²) in [4.78, 5) is 6.92. The van der Waals surface area contributed by atoms with Crippen LogP contribution in [0.1, 0.15) is 24.0 Å². The Kier molecular flexibility index (Phi) is 4.40. The van der Waals surface area contributed by atoms with Crippen molar-refractivity contribution in [3.63, 3.8) is 0 Å². The second-order valence-corrected chi connectivity index (χ2v) is 5.12. The van der Waals surface area contributed by atoms with Gasteiger partial charge in [0.1, 0.15) is 5.82 Å². The quantitative estimate of drug-likeness (QED) is 0.803. The highest BCUT2D eigenvalue weighted by atomic mass is 79.9. The average Bonchev–Trinajstić information content (AvgIpc) is 2.38. The Morgan fingerprint density at radius 2 is 2.41 bits per heavy atom. The second kappa shape index (κ2) is 5.83. The zero-order valence-corrected chi connectivity index (χ0v) is 12.0. The van der Waals surface area contributed by atoms with Crippen LogP contribution in [0.5, 0.6) is 0 Å². The zero-order chi connectivity index (χ0) is 12.3. The Morgan fingerprint density at radius 1 is 1.59 bits per heavy atom. The number of aryl methyl sites for hydroxylation is 1. The third kappa shape index (κ3) is 2.99. The Balaban J connectivity index is 2.16. The summed E-state index contributed by atoms with van der Waals surface area (Å²) in [5, 5.41) is 0.863. The van der Waals surface area contributed by atoms with Crippen LogP contribution in [0, 0.1) is 6.92 Å². The van der Waals surface area contributed by atoms with E-state index in [1.54, 1.807) is 7.11 Å². The number of pyridine rings is 1. The lowest BCUT2D eigenvalue weighted by molar-refractivity contribution is 0.0891. The van der Waals surface area contributed by atoms with Crippen LogP contribution >= 0.6 is 15.9 Å². The maximum Gasteiger partial charge on any atom is 0.131 e. The van der Waals surface area contributed by atoms with E-state index in [-0.39, 0.29) is 0 Å².